The molecule has 66 valence electrons. The van der Waals surface area contributed by atoms with E-state index in [1.807, 2.05) is 0 Å². The third-order valence-corrected chi connectivity index (χ3v) is 2.91. The van der Waals surface area contributed by atoms with Crippen molar-refractivity contribution in [1.29, 1.82) is 0 Å². The van der Waals surface area contributed by atoms with Gasteiger partial charge in [0.2, 0.25) is 0 Å². The van der Waals surface area contributed by atoms with Gasteiger partial charge in [-0.05, 0) is 6.42 Å². The molecule has 0 aliphatic carbocycles. The summed E-state index contributed by atoms with van der Waals surface area (Å²) >= 11 is 21.9. The van der Waals surface area contributed by atoms with E-state index in [0.29, 0.717) is 6.42 Å². The molecule has 0 saturated carbocycles. The highest BCUT2D eigenvalue weighted by Crippen LogP contribution is 2.19. The molecule has 0 aliphatic rings. The number of hydrogen-bond donors (Lipinski definition) is 0. The van der Waals surface area contributed by atoms with Crippen LogP contribution in [0.1, 0.15) is 13.3 Å². The maximum Gasteiger partial charge on any atom is 0.171 e. The van der Waals surface area contributed by atoms with Gasteiger partial charge in [-0.3, -0.25) is 4.79 Å². The zero-order valence-corrected chi connectivity index (χ0v) is 8.88. The number of rotatable bonds is 4. The van der Waals surface area contributed by atoms with E-state index in [9.17, 15) is 4.79 Å². The molecule has 0 aromatic heterocycles. The SMILES string of the molecule is CCC(Cl)C(=O)C(Cl)C(Cl)Cl. The topological polar surface area (TPSA) is 17.1 Å². The molecule has 0 saturated heterocycles. The Morgan fingerprint density at radius 3 is 2.00 bits per heavy atom. The Labute approximate surface area is 85.9 Å². The molecule has 11 heavy (non-hydrogen) atoms. The smallest absolute Gasteiger partial charge is 0.171 e. The van der Waals surface area contributed by atoms with Crippen molar-refractivity contribution in [3.63, 3.8) is 0 Å². The molecule has 0 aromatic carbocycles. The molecular weight excluding hydrogens is 230 g/mol. The van der Waals surface area contributed by atoms with Gasteiger partial charge >= 0.3 is 0 Å². The predicted molar refractivity (Wildman–Crippen MR) is 50.1 cm³/mol. The number of ketones is 1. The minimum Gasteiger partial charge on any atom is -0.296 e. The monoisotopic (exact) mass is 236 g/mol. The summed E-state index contributed by atoms with van der Waals surface area (Å²) in [5, 5.41) is -1.49. The Balaban J connectivity index is 4.02. The largest absolute Gasteiger partial charge is 0.296 e. The Morgan fingerprint density at radius 2 is 1.73 bits per heavy atom. The minimum atomic E-state index is -0.902. The van der Waals surface area contributed by atoms with Crippen molar-refractivity contribution in [2.75, 3.05) is 0 Å². The summed E-state index contributed by atoms with van der Waals surface area (Å²) in [5.74, 6) is -0.314. The van der Waals surface area contributed by atoms with Gasteiger partial charge in [-0.15, -0.1) is 46.4 Å². The van der Waals surface area contributed by atoms with Crippen LogP contribution in [0, 0.1) is 0 Å². The summed E-state index contributed by atoms with van der Waals surface area (Å²) in [7, 11) is 0. The van der Waals surface area contributed by atoms with Crippen molar-refractivity contribution in [2.24, 2.45) is 0 Å². The summed E-state index contributed by atoms with van der Waals surface area (Å²) in [6.45, 7) is 1.79. The van der Waals surface area contributed by atoms with Crippen LogP contribution in [0.25, 0.3) is 0 Å². The number of carbonyl (C=O) groups is 1. The number of carbonyl (C=O) groups excluding carboxylic acids is 1. The first kappa shape index (κ1) is 11.8. The molecule has 2 unspecified atom stereocenters. The van der Waals surface area contributed by atoms with Gasteiger partial charge in [-0.1, -0.05) is 6.92 Å². The Hall–Kier alpha value is 0.830. The standard InChI is InChI=1S/C6H8Cl4O/c1-2-3(7)5(11)4(8)6(9)10/h3-4,6H,2H2,1H3. The van der Waals surface area contributed by atoms with Crippen molar-refractivity contribution >= 4 is 52.2 Å². The first-order valence-corrected chi connectivity index (χ1v) is 4.85. The zero-order valence-electron chi connectivity index (χ0n) is 5.86. The van der Waals surface area contributed by atoms with Gasteiger partial charge in [0.05, 0.1) is 5.38 Å². The van der Waals surface area contributed by atoms with E-state index in [2.05, 4.69) is 0 Å². The summed E-state index contributed by atoms with van der Waals surface area (Å²) in [5.41, 5.74) is 0. The number of alkyl halides is 4. The molecule has 0 spiro atoms. The normalized spacial score (nSPS) is 16.5. The lowest BCUT2D eigenvalue weighted by Crippen LogP contribution is -2.28. The van der Waals surface area contributed by atoms with E-state index in [4.69, 9.17) is 46.4 Å². The molecular formula is C6H8Cl4O. The zero-order chi connectivity index (χ0) is 9.02. The van der Waals surface area contributed by atoms with Crippen LogP contribution in [0.2, 0.25) is 0 Å². The van der Waals surface area contributed by atoms with Crippen molar-refractivity contribution in [1.82, 2.24) is 0 Å². The van der Waals surface area contributed by atoms with Gasteiger partial charge in [0.15, 0.2) is 5.78 Å². The van der Waals surface area contributed by atoms with Gasteiger partial charge in [0, 0.05) is 0 Å². The first-order chi connectivity index (χ1) is 5.00. The Bertz CT molecular complexity index is 137. The summed E-state index contributed by atoms with van der Waals surface area (Å²) in [4.78, 5) is 10.2. The summed E-state index contributed by atoms with van der Waals surface area (Å²) in [6, 6.07) is 0. The minimum absolute atomic E-state index is 0.314. The maximum atomic E-state index is 11.1. The van der Waals surface area contributed by atoms with Crippen LogP contribution >= 0.6 is 46.4 Å². The molecule has 0 N–H and O–H groups in total. The average Bonchev–Trinajstić information content (AvgIpc) is 2.00. The first-order valence-electron chi connectivity index (χ1n) is 3.10. The second kappa shape index (κ2) is 5.47. The van der Waals surface area contributed by atoms with Crippen LogP contribution in [-0.2, 0) is 4.79 Å². The van der Waals surface area contributed by atoms with Gasteiger partial charge in [-0.2, -0.15) is 0 Å². The molecule has 0 fully saturated rings. The molecule has 0 bridgehead atoms. The number of hydrogen-bond acceptors (Lipinski definition) is 1. The molecule has 5 heteroatoms. The average molecular weight is 238 g/mol. The fraction of sp³-hybridized carbons (Fsp3) is 0.833. The number of Topliss-reactive ketones (excluding diaryl/α,β-unsaturated/α-hetero) is 1. The van der Waals surface area contributed by atoms with E-state index in [0.717, 1.165) is 0 Å². The highest BCUT2D eigenvalue weighted by molar-refractivity contribution is 6.53. The van der Waals surface area contributed by atoms with E-state index < -0.39 is 15.6 Å². The molecule has 1 nitrogen and oxygen atoms in total. The van der Waals surface area contributed by atoms with E-state index in [-0.39, 0.29) is 5.78 Å². The van der Waals surface area contributed by atoms with Crippen molar-refractivity contribution < 1.29 is 4.79 Å². The van der Waals surface area contributed by atoms with Crippen LogP contribution < -0.4 is 0 Å². The van der Waals surface area contributed by atoms with Crippen LogP contribution in [0.5, 0.6) is 0 Å². The third-order valence-electron chi connectivity index (χ3n) is 1.16. The van der Waals surface area contributed by atoms with E-state index in [1.165, 1.54) is 0 Å². The Kier molecular flexibility index (Phi) is 5.88. The van der Waals surface area contributed by atoms with Crippen LogP contribution in [0.3, 0.4) is 0 Å². The molecule has 0 radical (unpaired) electrons. The van der Waals surface area contributed by atoms with Gasteiger partial charge < -0.3 is 0 Å². The lowest BCUT2D eigenvalue weighted by Gasteiger charge is -2.11. The second-order valence-electron chi connectivity index (χ2n) is 2.01. The maximum absolute atomic E-state index is 11.1. The van der Waals surface area contributed by atoms with E-state index in [1.54, 1.807) is 6.92 Å². The van der Waals surface area contributed by atoms with Gasteiger partial charge in [0.25, 0.3) is 0 Å². The van der Waals surface area contributed by atoms with Crippen LogP contribution in [-0.4, -0.2) is 21.4 Å². The Morgan fingerprint density at radius 1 is 1.27 bits per heavy atom. The quantitative estimate of drug-likeness (QED) is 0.688. The van der Waals surface area contributed by atoms with Gasteiger partial charge in [-0.25, -0.2) is 0 Å². The molecule has 0 aromatic rings. The van der Waals surface area contributed by atoms with Gasteiger partial charge in [0.1, 0.15) is 10.2 Å². The lowest BCUT2D eigenvalue weighted by atomic mass is 10.2. The van der Waals surface area contributed by atoms with Crippen LogP contribution in [0.15, 0.2) is 0 Å². The van der Waals surface area contributed by atoms with Crippen molar-refractivity contribution in [3.05, 3.63) is 0 Å². The lowest BCUT2D eigenvalue weighted by molar-refractivity contribution is -0.118. The molecule has 0 amide bonds. The fourth-order valence-corrected chi connectivity index (χ4v) is 1.10. The highest BCUT2D eigenvalue weighted by atomic mass is 35.5. The fourth-order valence-electron chi connectivity index (χ4n) is 0.498. The highest BCUT2D eigenvalue weighted by Gasteiger charge is 2.27. The molecule has 0 rings (SSSR count). The third kappa shape index (κ3) is 3.84. The number of halogens is 4. The van der Waals surface area contributed by atoms with Crippen LogP contribution in [0.4, 0.5) is 0 Å². The summed E-state index contributed by atoms with van der Waals surface area (Å²) < 4.78 is 0. The van der Waals surface area contributed by atoms with E-state index >= 15 is 0 Å². The summed E-state index contributed by atoms with van der Waals surface area (Å²) in [6.07, 6.45) is 0.532. The molecule has 2 atom stereocenters. The van der Waals surface area contributed by atoms with Crippen molar-refractivity contribution in [2.45, 2.75) is 28.9 Å². The predicted octanol–water partition coefficient (Wildman–Crippen LogP) is 2.98. The van der Waals surface area contributed by atoms with Crippen molar-refractivity contribution in [3.8, 4) is 0 Å². The molecule has 0 aliphatic heterocycles. The molecule has 0 heterocycles. The second-order valence-corrected chi connectivity index (χ2v) is 4.18.